The molecule has 136 valence electrons. The lowest BCUT2D eigenvalue weighted by atomic mass is 10.1. The van der Waals surface area contributed by atoms with Crippen molar-refractivity contribution in [3.05, 3.63) is 84.0 Å². The number of carbonyl (C=O) groups is 1. The molecule has 2 heterocycles. The number of benzene rings is 2. The van der Waals surface area contributed by atoms with E-state index in [1.807, 2.05) is 60.2 Å². The van der Waals surface area contributed by atoms with Crippen molar-refractivity contribution < 1.29 is 9.53 Å². The Morgan fingerprint density at radius 3 is 2.89 bits per heavy atom. The summed E-state index contributed by atoms with van der Waals surface area (Å²) in [7, 11) is 0. The van der Waals surface area contributed by atoms with Crippen molar-refractivity contribution in [1.29, 1.82) is 0 Å². The number of amides is 1. The highest BCUT2D eigenvalue weighted by Gasteiger charge is 2.11. The van der Waals surface area contributed by atoms with Gasteiger partial charge in [-0.3, -0.25) is 4.79 Å². The van der Waals surface area contributed by atoms with Crippen LogP contribution in [0.2, 0.25) is 0 Å². The molecule has 0 saturated heterocycles. The number of imidazole rings is 1. The average Bonchev–Trinajstić information content (AvgIpc) is 3.38. The van der Waals surface area contributed by atoms with Gasteiger partial charge in [-0.15, -0.1) is 0 Å². The predicted molar refractivity (Wildman–Crippen MR) is 105 cm³/mol. The number of nitrogens with zero attached hydrogens (tertiary/aromatic N) is 2. The van der Waals surface area contributed by atoms with Crippen LogP contribution in [0.3, 0.4) is 0 Å². The molecule has 3 aromatic rings. The van der Waals surface area contributed by atoms with Crippen molar-refractivity contribution in [2.45, 2.75) is 19.4 Å². The molecule has 0 bridgehead atoms. The van der Waals surface area contributed by atoms with Crippen molar-refractivity contribution in [1.82, 2.24) is 14.9 Å². The van der Waals surface area contributed by atoms with Gasteiger partial charge in [-0.05, 0) is 54.0 Å². The fraction of sp³-hybridized carbons (Fsp3) is 0.182. The number of aromatic nitrogens is 2. The monoisotopic (exact) mass is 359 g/mol. The topological polar surface area (TPSA) is 56.1 Å². The molecule has 0 spiro atoms. The molecule has 0 fully saturated rings. The fourth-order valence-electron chi connectivity index (χ4n) is 3.17. The largest absolute Gasteiger partial charge is 0.493 e. The summed E-state index contributed by atoms with van der Waals surface area (Å²) in [5, 5.41) is 3.00. The Hall–Kier alpha value is -3.34. The molecular weight excluding hydrogens is 338 g/mol. The van der Waals surface area contributed by atoms with Crippen LogP contribution in [0.4, 0.5) is 0 Å². The second-order valence-electron chi connectivity index (χ2n) is 6.59. The zero-order valence-corrected chi connectivity index (χ0v) is 15.1. The van der Waals surface area contributed by atoms with Crippen LogP contribution in [0.5, 0.6) is 5.75 Å². The van der Waals surface area contributed by atoms with E-state index in [2.05, 4.69) is 16.4 Å². The first-order chi connectivity index (χ1) is 13.2. The molecule has 1 aliphatic heterocycles. The van der Waals surface area contributed by atoms with Gasteiger partial charge in [0.15, 0.2) is 0 Å². The van der Waals surface area contributed by atoms with Gasteiger partial charge in [0.25, 0.3) is 0 Å². The summed E-state index contributed by atoms with van der Waals surface area (Å²) in [5.41, 5.74) is 4.29. The molecule has 5 heteroatoms. The van der Waals surface area contributed by atoms with Crippen LogP contribution in [-0.2, 0) is 11.2 Å². The van der Waals surface area contributed by atoms with E-state index >= 15 is 0 Å². The minimum Gasteiger partial charge on any atom is -0.493 e. The van der Waals surface area contributed by atoms with Gasteiger partial charge in [0.05, 0.1) is 19.0 Å². The van der Waals surface area contributed by atoms with Gasteiger partial charge in [0, 0.05) is 30.6 Å². The zero-order chi connectivity index (χ0) is 18.6. The lowest BCUT2D eigenvalue weighted by Crippen LogP contribution is -2.24. The molecule has 0 saturated carbocycles. The maximum Gasteiger partial charge on any atom is 0.244 e. The van der Waals surface area contributed by atoms with E-state index < -0.39 is 0 Å². The van der Waals surface area contributed by atoms with Crippen molar-refractivity contribution in [2.75, 3.05) is 6.61 Å². The predicted octanol–water partition coefficient (Wildman–Crippen LogP) is 3.70. The Morgan fingerprint density at radius 1 is 1.26 bits per heavy atom. The van der Waals surface area contributed by atoms with Gasteiger partial charge in [-0.25, -0.2) is 4.98 Å². The van der Waals surface area contributed by atoms with E-state index in [-0.39, 0.29) is 11.9 Å². The van der Waals surface area contributed by atoms with Gasteiger partial charge in [-0.1, -0.05) is 18.2 Å². The van der Waals surface area contributed by atoms with E-state index in [0.717, 1.165) is 35.6 Å². The summed E-state index contributed by atoms with van der Waals surface area (Å²) in [6.45, 7) is 2.71. The Bertz CT molecular complexity index is 960. The summed E-state index contributed by atoms with van der Waals surface area (Å²) in [5.74, 6) is 0.835. The number of carbonyl (C=O) groups excluding carboxylic acids is 1. The molecule has 5 nitrogen and oxygen atoms in total. The SMILES string of the molecule is C[C@H](NC(=O)/C=C/c1ccc2c(c1)CCO2)c1ccc(-n2ccnc2)cc1. The lowest BCUT2D eigenvalue weighted by molar-refractivity contribution is -0.117. The van der Waals surface area contributed by atoms with Crippen molar-refractivity contribution in [3.63, 3.8) is 0 Å². The van der Waals surface area contributed by atoms with Crippen LogP contribution in [0.15, 0.2) is 67.3 Å². The lowest BCUT2D eigenvalue weighted by Gasteiger charge is -2.13. The van der Waals surface area contributed by atoms with Crippen molar-refractivity contribution in [2.24, 2.45) is 0 Å². The Labute approximate surface area is 158 Å². The van der Waals surface area contributed by atoms with Crippen molar-refractivity contribution in [3.8, 4) is 11.4 Å². The summed E-state index contributed by atoms with van der Waals surface area (Å²) in [4.78, 5) is 16.3. The minimum atomic E-state index is -0.113. The highest BCUT2D eigenvalue weighted by Crippen LogP contribution is 2.26. The van der Waals surface area contributed by atoms with Crippen molar-refractivity contribution >= 4 is 12.0 Å². The summed E-state index contributed by atoms with van der Waals surface area (Å²) in [6, 6.07) is 14.0. The van der Waals surface area contributed by atoms with Crippen LogP contribution in [0.25, 0.3) is 11.8 Å². The normalized spacial score (nSPS) is 14.0. The summed E-state index contributed by atoms with van der Waals surface area (Å²) in [6.07, 6.45) is 9.75. The third-order valence-electron chi connectivity index (χ3n) is 4.70. The van der Waals surface area contributed by atoms with Crippen LogP contribution in [-0.4, -0.2) is 22.1 Å². The highest BCUT2D eigenvalue weighted by atomic mass is 16.5. The molecular formula is C22H21N3O2. The van der Waals surface area contributed by atoms with E-state index in [9.17, 15) is 4.79 Å². The minimum absolute atomic E-state index is 0.0765. The first kappa shape index (κ1) is 17.1. The van der Waals surface area contributed by atoms with Gasteiger partial charge in [0.2, 0.25) is 5.91 Å². The van der Waals surface area contributed by atoms with E-state index in [1.165, 1.54) is 5.56 Å². The molecule has 2 aromatic carbocycles. The van der Waals surface area contributed by atoms with E-state index in [1.54, 1.807) is 18.6 Å². The molecule has 1 aliphatic rings. The Morgan fingerprint density at radius 2 is 2.11 bits per heavy atom. The highest BCUT2D eigenvalue weighted by molar-refractivity contribution is 5.92. The smallest absolute Gasteiger partial charge is 0.244 e. The standard InChI is InChI=1S/C22H21N3O2/c1-16(18-4-6-20(7-5-18)25-12-11-23-15-25)24-22(26)9-3-17-2-8-21-19(14-17)10-13-27-21/h2-9,11-12,14-16H,10,13H2,1H3,(H,24,26)/b9-3+/t16-/m0/s1. The third-order valence-corrected chi connectivity index (χ3v) is 4.70. The van der Waals surface area contributed by atoms with Gasteiger partial charge in [0.1, 0.15) is 5.75 Å². The molecule has 1 aromatic heterocycles. The van der Waals surface area contributed by atoms with E-state index in [0.29, 0.717) is 0 Å². The quantitative estimate of drug-likeness (QED) is 0.707. The van der Waals surface area contributed by atoms with Crippen LogP contribution >= 0.6 is 0 Å². The zero-order valence-electron chi connectivity index (χ0n) is 15.1. The average molecular weight is 359 g/mol. The van der Waals surface area contributed by atoms with Gasteiger partial charge >= 0.3 is 0 Å². The molecule has 1 N–H and O–H groups in total. The Kier molecular flexibility index (Phi) is 4.75. The first-order valence-electron chi connectivity index (χ1n) is 9.01. The van der Waals surface area contributed by atoms with Crippen LogP contribution in [0.1, 0.15) is 29.7 Å². The number of hydrogen-bond acceptors (Lipinski definition) is 3. The maximum absolute atomic E-state index is 12.3. The number of rotatable bonds is 5. The number of nitrogens with one attached hydrogen (secondary N) is 1. The number of fused-ring (bicyclic) bond motifs is 1. The second-order valence-corrected chi connectivity index (χ2v) is 6.59. The molecule has 0 unspecified atom stereocenters. The fourth-order valence-corrected chi connectivity index (χ4v) is 3.17. The van der Waals surface area contributed by atoms with Crippen LogP contribution in [0, 0.1) is 0 Å². The molecule has 1 amide bonds. The maximum atomic E-state index is 12.3. The first-order valence-corrected chi connectivity index (χ1v) is 9.01. The molecule has 27 heavy (non-hydrogen) atoms. The molecule has 1 atom stereocenters. The van der Waals surface area contributed by atoms with Gasteiger partial charge < -0.3 is 14.6 Å². The molecule has 0 aliphatic carbocycles. The van der Waals surface area contributed by atoms with E-state index in [4.69, 9.17) is 4.74 Å². The number of ether oxygens (including phenoxy) is 1. The van der Waals surface area contributed by atoms with Crippen LogP contribution < -0.4 is 10.1 Å². The third kappa shape index (κ3) is 3.92. The number of hydrogen-bond donors (Lipinski definition) is 1. The molecule has 0 radical (unpaired) electrons. The Balaban J connectivity index is 1.37. The second kappa shape index (κ2) is 7.50. The summed E-state index contributed by atoms with van der Waals surface area (Å²) >= 11 is 0. The van der Waals surface area contributed by atoms with Gasteiger partial charge in [-0.2, -0.15) is 0 Å². The summed E-state index contributed by atoms with van der Waals surface area (Å²) < 4.78 is 7.45. The molecule has 4 rings (SSSR count).